The minimum absolute atomic E-state index is 0. The zero-order valence-corrected chi connectivity index (χ0v) is 21.4. The summed E-state index contributed by atoms with van der Waals surface area (Å²) in [7, 11) is 1.54. The van der Waals surface area contributed by atoms with Crippen LogP contribution in [-0.2, 0) is 17.5 Å². The second kappa shape index (κ2) is 11.9. The zero-order chi connectivity index (χ0) is 25.8. The highest BCUT2D eigenvalue weighted by Crippen LogP contribution is 2.33. The van der Waals surface area contributed by atoms with Crippen molar-refractivity contribution in [3.63, 3.8) is 0 Å². The van der Waals surface area contributed by atoms with Gasteiger partial charge in [-0.15, -0.1) is 17.5 Å². The average molecular weight is 546 g/mol. The molecule has 1 unspecified atom stereocenters. The van der Waals surface area contributed by atoms with E-state index >= 15 is 0 Å². The lowest BCUT2D eigenvalue weighted by atomic mass is 9.85. The number of nitrogens with zero attached hydrogens (tertiary/aromatic N) is 5. The van der Waals surface area contributed by atoms with Crippen LogP contribution < -0.4 is 4.74 Å². The van der Waals surface area contributed by atoms with Gasteiger partial charge < -0.3 is 9.47 Å². The number of aromatic nitrogens is 4. The molecule has 2 heterocycles. The Bertz CT molecular complexity index is 1280. The first-order valence-electron chi connectivity index (χ1n) is 11.9. The van der Waals surface area contributed by atoms with Gasteiger partial charge in [0.2, 0.25) is 0 Å². The monoisotopic (exact) mass is 545 g/mol. The molecule has 0 saturated carbocycles. The number of methoxy groups -OCH3 is 1. The highest BCUT2D eigenvalue weighted by atomic mass is 35.5. The van der Waals surface area contributed by atoms with Crippen LogP contribution in [0.15, 0.2) is 78.9 Å². The van der Waals surface area contributed by atoms with Crippen LogP contribution in [0.25, 0.3) is 5.69 Å². The largest absolute Gasteiger partial charge is 0.496 e. The van der Waals surface area contributed by atoms with E-state index < -0.39 is 12.0 Å². The maximum Gasteiger partial charge on any atom is 0.453 e. The number of benzene rings is 3. The number of ether oxygens (including phenoxy) is 2. The van der Waals surface area contributed by atoms with Crippen LogP contribution in [-0.4, -0.2) is 58.0 Å². The fourth-order valence-corrected chi connectivity index (χ4v) is 4.82. The maximum atomic E-state index is 13.4. The van der Waals surface area contributed by atoms with E-state index in [9.17, 15) is 13.2 Å². The van der Waals surface area contributed by atoms with E-state index in [4.69, 9.17) is 9.47 Å². The van der Waals surface area contributed by atoms with Gasteiger partial charge in [0.25, 0.3) is 5.82 Å². The van der Waals surface area contributed by atoms with E-state index in [1.807, 2.05) is 36.4 Å². The Kier molecular flexibility index (Phi) is 8.65. The molecule has 1 aromatic heterocycles. The molecule has 11 heteroatoms. The summed E-state index contributed by atoms with van der Waals surface area (Å²) in [6, 6.07) is 25.3. The summed E-state index contributed by atoms with van der Waals surface area (Å²) in [5.41, 5.74) is 3.28. The fraction of sp³-hybridized carbons (Fsp3) is 0.296. The summed E-state index contributed by atoms with van der Waals surface area (Å²) in [5.74, 6) is -0.561. The van der Waals surface area contributed by atoms with Gasteiger partial charge in [0, 0.05) is 31.1 Å². The zero-order valence-electron chi connectivity index (χ0n) is 20.6. The summed E-state index contributed by atoms with van der Waals surface area (Å²) in [5, 5.41) is 9.94. The second-order valence-electron chi connectivity index (χ2n) is 8.85. The smallest absolute Gasteiger partial charge is 0.453 e. The number of halogens is 4. The Morgan fingerprint density at radius 2 is 1.66 bits per heavy atom. The quantitative estimate of drug-likeness (QED) is 0.320. The summed E-state index contributed by atoms with van der Waals surface area (Å²) >= 11 is 0. The Morgan fingerprint density at radius 1 is 1.00 bits per heavy atom. The van der Waals surface area contributed by atoms with E-state index in [-0.39, 0.29) is 30.1 Å². The normalized spacial score (nSPS) is 16.3. The molecule has 5 rings (SSSR count). The van der Waals surface area contributed by atoms with Gasteiger partial charge in [-0.05, 0) is 39.8 Å². The molecular weight excluding hydrogens is 519 g/mol. The van der Waals surface area contributed by atoms with E-state index in [1.54, 1.807) is 19.2 Å². The highest BCUT2D eigenvalue weighted by Gasteiger charge is 2.38. The lowest BCUT2D eigenvalue weighted by Gasteiger charge is -2.37. The third kappa shape index (κ3) is 5.98. The van der Waals surface area contributed by atoms with Gasteiger partial charge in [0.15, 0.2) is 0 Å². The molecule has 38 heavy (non-hydrogen) atoms. The van der Waals surface area contributed by atoms with Crippen LogP contribution in [0.3, 0.4) is 0 Å². The van der Waals surface area contributed by atoms with Gasteiger partial charge in [-0.2, -0.15) is 17.9 Å². The Labute approximate surface area is 224 Å². The molecule has 3 aromatic carbocycles. The summed E-state index contributed by atoms with van der Waals surface area (Å²) < 4.78 is 52.6. The Hall–Kier alpha value is -3.47. The van der Waals surface area contributed by atoms with Gasteiger partial charge >= 0.3 is 6.18 Å². The fourth-order valence-electron chi connectivity index (χ4n) is 4.82. The van der Waals surface area contributed by atoms with Crippen LogP contribution in [0.2, 0.25) is 0 Å². The van der Waals surface area contributed by atoms with Crippen molar-refractivity contribution in [2.24, 2.45) is 0 Å². The number of hydrogen-bond donors (Lipinski definition) is 0. The standard InChI is InChI=1S/C27H26F3N5O2.ClH/c1-36-23-13-12-22(35-26(27(28,29)30)31-32-33-35)16-21(23)17-34-14-15-37-24(18-34)25(19-8-4-2-5-9-19)20-10-6-3-7-11-20;/h2-13,16,24-25H,14-15,17-18H2,1H3;1H. The third-order valence-electron chi connectivity index (χ3n) is 6.49. The first-order chi connectivity index (χ1) is 17.9. The first-order valence-corrected chi connectivity index (χ1v) is 11.9. The molecule has 0 aliphatic carbocycles. The number of hydrogen-bond acceptors (Lipinski definition) is 6. The van der Waals surface area contributed by atoms with Crippen molar-refractivity contribution in [3.8, 4) is 11.4 Å². The number of tetrazole rings is 1. The molecule has 0 amide bonds. The molecule has 1 fully saturated rings. The first kappa shape index (κ1) is 27.6. The molecule has 1 aliphatic heterocycles. The maximum absolute atomic E-state index is 13.4. The molecule has 1 aliphatic rings. The van der Waals surface area contributed by atoms with Gasteiger partial charge in [0.05, 0.1) is 25.5 Å². The van der Waals surface area contributed by atoms with Gasteiger partial charge in [-0.3, -0.25) is 4.90 Å². The van der Waals surface area contributed by atoms with Crippen molar-refractivity contribution >= 4 is 12.4 Å². The predicted molar refractivity (Wildman–Crippen MR) is 138 cm³/mol. The number of rotatable bonds is 7. The van der Waals surface area contributed by atoms with Crippen molar-refractivity contribution in [3.05, 3.63) is 101 Å². The van der Waals surface area contributed by atoms with E-state index in [0.29, 0.717) is 36.7 Å². The highest BCUT2D eigenvalue weighted by molar-refractivity contribution is 5.85. The van der Waals surface area contributed by atoms with Crippen LogP contribution in [0.4, 0.5) is 13.2 Å². The molecule has 1 saturated heterocycles. The molecule has 1 atom stereocenters. The number of alkyl halides is 3. The molecule has 0 radical (unpaired) electrons. The summed E-state index contributed by atoms with van der Waals surface area (Å²) in [6.45, 7) is 2.32. The average Bonchev–Trinajstić information content (AvgIpc) is 3.42. The topological polar surface area (TPSA) is 65.3 Å². The van der Waals surface area contributed by atoms with E-state index in [1.165, 1.54) is 17.2 Å². The molecule has 4 aromatic rings. The second-order valence-corrected chi connectivity index (χ2v) is 8.85. The predicted octanol–water partition coefficient (Wildman–Crippen LogP) is 5.14. The van der Waals surface area contributed by atoms with Gasteiger partial charge in [-0.25, -0.2) is 0 Å². The molecule has 0 bridgehead atoms. The summed E-state index contributed by atoms with van der Waals surface area (Å²) in [4.78, 5) is 2.24. The lowest BCUT2D eigenvalue weighted by Crippen LogP contribution is -2.44. The molecular formula is C27H27ClF3N5O2. The van der Waals surface area contributed by atoms with Crippen LogP contribution >= 0.6 is 12.4 Å². The Morgan fingerprint density at radius 3 is 2.26 bits per heavy atom. The van der Waals surface area contributed by atoms with Gasteiger partial charge in [0.1, 0.15) is 5.75 Å². The Balaban J connectivity index is 0.00000336. The minimum Gasteiger partial charge on any atom is -0.496 e. The van der Waals surface area contributed by atoms with E-state index in [2.05, 4.69) is 44.7 Å². The third-order valence-corrected chi connectivity index (χ3v) is 6.49. The number of morpholine rings is 1. The lowest BCUT2D eigenvalue weighted by molar-refractivity contribution is -0.146. The molecule has 0 N–H and O–H groups in total. The molecule has 200 valence electrons. The van der Waals surface area contributed by atoms with Crippen molar-refractivity contribution in [1.82, 2.24) is 25.1 Å². The summed E-state index contributed by atoms with van der Waals surface area (Å²) in [6.07, 6.45) is -4.78. The molecule has 7 nitrogen and oxygen atoms in total. The van der Waals surface area contributed by atoms with Crippen molar-refractivity contribution in [1.29, 1.82) is 0 Å². The SMILES string of the molecule is COc1ccc(-n2nnnc2C(F)(F)F)cc1CN1CCOC(C(c2ccccc2)c2ccccc2)C1.Cl. The van der Waals surface area contributed by atoms with E-state index in [0.717, 1.165) is 5.56 Å². The van der Waals surface area contributed by atoms with Crippen molar-refractivity contribution in [2.75, 3.05) is 26.8 Å². The van der Waals surface area contributed by atoms with Gasteiger partial charge in [-0.1, -0.05) is 60.7 Å². The van der Waals surface area contributed by atoms with Crippen LogP contribution in [0, 0.1) is 0 Å². The minimum atomic E-state index is -4.68. The molecule has 0 spiro atoms. The van der Waals surface area contributed by atoms with Crippen LogP contribution in [0.1, 0.15) is 28.4 Å². The van der Waals surface area contributed by atoms with Crippen molar-refractivity contribution < 1.29 is 22.6 Å². The van der Waals surface area contributed by atoms with Crippen LogP contribution in [0.5, 0.6) is 5.75 Å². The van der Waals surface area contributed by atoms with Crippen molar-refractivity contribution in [2.45, 2.75) is 24.7 Å².